The molecule has 2 aromatic carbocycles. The molecular weight excluding hydrogens is 326 g/mol. The molecule has 4 nitrogen and oxygen atoms in total. The lowest BCUT2D eigenvalue weighted by Gasteiger charge is -2.40. The summed E-state index contributed by atoms with van der Waals surface area (Å²) in [5.74, 6) is 1.96. The van der Waals surface area contributed by atoms with Gasteiger partial charge in [0, 0.05) is 6.54 Å². The summed E-state index contributed by atoms with van der Waals surface area (Å²) in [5, 5.41) is 0. The van der Waals surface area contributed by atoms with E-state index in [4.69, 9.17) is 9.47 Å². The van der Waals surface area contributed by atoms with Crippen LogP contribution >= 0.6 is 0 Å². The molecule has 0 aromatic heterocycles. The molecule has 0 atom stereocenters. The van der Waals surface area contributed by atoms with Crippen LogP contribution < -0.4 is 9.47 Å². The number of hydrogen-bond donors (Lipinski definition) is 0. The number of Topliss-reactive ketones (excluding diaryl/α,β-unsaturated/α-hetero) is 1. The first-order valence-electron chi connectivity index (χ1n) is 9.20. The molecule has 0 radical (unpaired) electrons. The Morgan fingerprint density at radius 2 is 1.62 bits per heavy atom. The average Bonchev–Trinajstić information content (AvgIpc) is 2.69. The molecule has 0 unspecified atom stereocenters. The highest BCUT2D eigenvalue weighted by Gasteiger charge is 2.40. The number of methoxy groups -OCH3 is 1. The monoisotopic (exact) mass is 353 g/mol. The lowest BCUT2D eigenvalue weighted by molar-refractivity contribution is -0.124. The van der Waals surface area contributed by atoms with Gasteiger partial charge in [0.1, 0.15) is 23.9 Å². The van der Waals surface area contributed by atoms with Crippen LogP contribution in [-0.4, -0.2) is 44.0 Å². The Morgan fingerprint density at radius 1 is 1.00 bits per heavy atom. The van der Waals surface area contributed by atoms with E-state index in [0.29, 0.717) is 6.61 Å². The second kappa shape index (κ2) is 8.37. The van der Waals surface area contributed by atoms with Crippen LogP contribution in [0.2, 0.25) is 0 Å². The van der Waals surface area contributed by atoms with Crippen molar-refractivity contribution in [1.82, 2.24) is 4.90 Å². The first-order chi connectivity index (χ1) is 12.6. The highest BCUT2D eigenvalue weighted by molar-refractivity contribution is 5.88. The number of carbonyl (C=O) groups excluding carboxylic acids is 1. The van der Waals surface area contributed by atoms with Crippen molar-refractivity contribution in [2.24, 2.45) is 0 Å². The zero-order chi connectivity index (χ0) is 18.4. The Kier molecular flexibility index (Phi) is 5.94. The molecule has 0 spiro atoms. The molecule has 0 N–H and O–H groups in total. The standard InChI is InChI=1S/C22H27NO3/c1-18(24)22(19-6-4-3-5-7-19)12-14-23(15-13-22)16-17-26-21-10-8-20(25-2)9-11-21/h3-11H,12-17H2,1-2H3. The summed E-state index contributed by atoms with van der Waals surface area (Å²) in [5.41, 5.74) is 0.829. The van der Waals surface area contributed by atoms with Gasteiger partial charge < -0.3 is 9.47 Å². The number of hydrogen-bond acceptors (Lipinski definition) is 4. The van der Waals surface area contributed by atoms with Crippen LogP contribution in [0.25, 0.3) is 0 Å². The van der Waals surface area contributed by atoms with Crippen molar-refractivity contribution in [2.75, 3.05) is 33.4 Å². The lowest BCUT2D eigenvalue weighted by Crippen LogP contribution is -2.47. The molecule has 4 heteroatoms. The van der Waals surface area contributed by atoms with Crippen molar-refractivity contribution in [2.45, 2.75) is 25.2 Å². The topological polar surface area (TPSA) is 38.8 Å². The van der Waals surface area contributed by atoms with Crippen molar-refractivity contribution >= 4 is 5.78 Å². The van der Waals surface area contributed by atoms with E-state index in [1.165, 1.54) is 0 Å². The number of likely N-dealkylation sites (tertiary alicyclic amines) is 1. The molecule has 0 bridgehead atoms. The SMILES string of the molecule is COc1ccc(OCCN2CCC(C(C)=O)(c3ccccc3)CC2)cc1. The minimum Gasteiger partial charge on any atom is -0.497 e. The number of rotatable bonds is 7. The molecule has 0 amide bonds. The van der Waals surface area contributed by atoms with Gasteiger partial charge in [-0.2, -0.15) is 0 Å². The minimum atomic E-state index is -0.325. The number of benzene rings is 2. The van der Waals surface area contributed by atoms with E-state index in [-0.39, 0.29) is 11.2 Å². The molecule has 1 heterocycles. The van der Waals surface area contributed by atoms with E-state index < -0.39 is 0 Å². The summed E-state index contributed by atoms with van der Waals surface area (Å²) >= 11 is 0. The Hall–Kier alpha value is -2.33. The quantitative estimate of drug-likeness (QED) is 0.761. The van der Waals surface area contributed by atoms with Crippen LogP contribution in [0.3, 0.4) is 0 Å². The summed E-state index contributed by atoms with van der Waals surface area (Å²) in [4.78, 5) is 14.8. The Balaban J connectivity index is 1.52. The van der Waals surface area contributed by atoms with Gasteiger partial charge in [-0.1, -0.05) is 30.3 Å². The lowest BCUT2D eigenvalue weighted by atomic mass is 9.70. The van der Waals surface area contributed by atoms with Crippen molar-refractivity contribution < 1.29 is 14.3 Å². The fourth-order valence-corrected chi connectivity index (χ4v) is 3.72. The van der Waals surface area contributed by atoms with Crippen molar-refractivity contribution in [3.05, 3.63) is 60.2 Å². The molecule has 1 aliphatic heterocycles. The highest BCUT2D eigenvalue weighted by atomic mass is 16.5. The summed E-state index contributed by atoms with van der Waals surface area (Å²) < 4.78 is 11.0. The predicted molar refractivity (Wildman–Crippen MR) is 103 cm³/mol. The molecule has 1 fully saturated rings. The number of ketones is 1. The smallest absolute Gasteiger partial charge is 0.140 e. The predicted octanol–water partition coefficient (Wildman–Crippen LogP) is 3.70. The molecule has 1 saturated heterocycles. The van der Waals surface area contributed by atoms with E-state index in [1.54, 1.807) is 14.0 Å². The second-order valence-corrected chi connectivity index (χ2v) is 6.87. The first-order valence-corrected chi connectivity index (χ1v) is 9.20. The Morgan fingerprint density at radius 3 is 2.19 bits per heavy atom. The summed E-state index contributed by atoms with van der Waals surface area (Å²) in [7, 11) is 1.66. The first kappa shape index (κ1) is 18.5. The van der Waals surface area contributed by atoms with Crippen LogP contribution in [0.1, 0.15) is 25.3 Å². The molecular formula is C22H27NO3. The van der Waals surface area contributed by atoms with Gasteiger partial charge in [0.15, 0.2) is 0 Å². The fourth-order valence-electron chi connectivity index (χ4n) is 3.72. The van der Waals surface area contributed by atoms with Crippen molar-refractivity contribution in [3.8, 4) is 11.5 Å². The van der Waals surface area contributed by atoms with Crippen LogP contribution in [0.5, 0.6) is 11.5 Å². The van der Waals surface area contributed by atoms with Crippen molar-refractivity contribution in [3.63, 3.8) is 0 Å². The average molecular weight is 353 g/mol. The third-order valence-corrected chi connectivity index (χ3v) is 5.45. The highest BCUT2D eigenvalue weighted by Crippen LogP contribution is 2.36. The van der Waals surface area contributed by atoms with E-state index in [2.05, 4.69) is 17.0 Å². The fraction of sp³-hybridized carbons (Fsp3) is 0.409. The third-order valence-electron chi connectivity index (χ3n) is 5.45. The van der Waals surface area contributed by atoms with Gasteiger partial charge in [-0.05, 0) is 62.7 Å². The van der Waals surface area contributed by atoms with Gasteiger partial charge in [-0.15, -0.1) is 0 Å². The third kappa shape index (κ3) is 4.07. The Bertz CT molecular complexity index is 704. The van der Waals surface area contributed by atoms with Gasteiger partial charge in [-0.3, -0.25) is 9.69 Å². The van der Waals surface area contributed by atoms with Gasteiger partial charge in [0.05, 0.1) is 12.5 Å². The molecule has 2 aromatic rings. The zero-order valence-corrected chi connectivity index (χ0v) is 15.6. The number of nitrogens with zero attached hydrogens (tertiary/aromatic N) is 1. The molecule has 138 valence electrons. The molecule has 26 heavy (non-hydrogen) atoms. The largest absolute Gasteiger partial charge is 0.497 e. The number of carbonyl (C=O) groups is 1. The van der Waals surface area contributed by atoms with Crippen LogP contribution in [0, 0.1) is 0 Å². The van der Waals surface area contributed by atoms with Crippen LogP contribution in [-0.2, 0) is 10.2 Å². The normalized spacial score (nSPS) is 16.8. The van der Waals surface area contributed by atoms with E-state index in [0.717, 1.165) is 49.5 Å². The molecule has 1 aliphatic rings. The number of ether oxygens (including phenoxy) is 2. The number of piperidine rings is 1. The maximum absolute atomic E-state index is 12.4. The van der Waals surface area contributed by atoms with E-state index in [9.17, 15) is 4.79 Å². The Labute approximate surface area is 155 Å². The maximum atomic E-state index is 12.4. The van der Waals surface area contributed by atoms with Crippen molar-refractivity contribution in [1.29, 1.82) is 0 Å². The molecule has 0 saturated carbocycles. The summed E-state index contributed by atoms with van der Waals surface area (Å²) in [6.07, 6.45) is 1.74. The summed E-state index contributed by atoms with van der Waals surface area (Å²) in [6.45, 7) is 5.08. The van der Waals surface area contributed by atoms with Gasteiger partial charge in [-0.25, -0.2) is 0 Å². The zero-order valence-electron chi connectivity index (χ0n) is 15.6. The van der Waals surface area contributed by atoms with Gasteiger partial charge >= 0.3 is 0 Å². The van der Waals surface area contributed by atoms with E-state index >= 15 is 0 Å². The van der Waals surface area contributed by atoms with Crippen LogP contribution in [0.4, 0.5) is 0 Å². The molecule has 0 aliphatic carbocycles. The van der Waals surface area contributed by atoms with Gasteiger partial charge in [0.25, 0.3) is 0 Å². The minimum absolute atomic E-state index is 0.276. The summed E-state index contributed by atoms with van der Waals surface area (Å²) in [6, 6.07) is 17.9. The second-order valence-electron chi connectivity index (χ2n) is 6.87. The van der Waals surface area contributed by atoms with E-state index in [1.807, 2.05) is 42.5 Å². The molecule has 3 rings (SSSR count). The maximum Gasteiger partial charge on any atom is 0.140 e. The van der Waals surface area contributed by atoms with Crippen LogP contribution in [0.15, 0.2) is 54.6 Å². The van der Waals surface area contributed by atoms with Gasteiger partial charge in [0.2, 0.25) is 0 Å².